The second-order valence-corrected chi connectivity index (χ2v) is 7.42. The van der Waals surface area contributed by atoms with E-state index in [1.807, 2.05) is 54.1 Å². The molecule has 0 unspecified atom stereocenters. The predicted octanol–water partition coefficient (Wildman–Crippen LogP) is 3.43. The molecular weight excluding hydrogens is 360 g/mol. The molecule has 27 heavy (non-hydrogen) atoms. The van der Waals surface area contributed by atoms with Crippen LogP contribution in [0.1, 0.15) is 27.3 Å². The number of nitrogens with one attached hydrogen (secondary N) is 1. The lowest BCUT2D eigenvalue weighted by Crippen LogP contribution is -2.23. The van der Waals surface area contributed by atoms with Crippen LogP contribution in [-0.2, 0) is 11.2 Å². The Bertz CT molecular complexity index is 957. The zero-order valence-electron chi connectivity index (χ0n) is 15.8. The van der Waals surface area contributed by atoms with Crippen LogP contribution >= 0.6 is 11.3 Å². The Morgan fingerprint density at radius 3 is 2.48 bits per heavy atom. The first kappa shape index (κ1) is 18.8. The molecule has 1 N–H and O–H groups in total. The van der Waals surface area contributed by atoms with Crippen molar-refractivity contribution in [1.29, 1.82) is 0 Å². The molecule has 140 valence electrons. The second kappa shape index (κ2) is 7.75. The minimum Gasteiger partial charge on any atom is -0.349 e. The Morgan fingerprint density at radius 1 is 1.19 bits per heavy atom. The summed E-state index contributed by atoms with van der Waals surface area (Å²) in [6.45, 7) is 3.88. The zero-order valence-corrected chi connectivity index (χ0v) is 16.6. The largest absolute Gasteiger partial charge is 0.349 e. The number of aryl methyl sites for hydroxylation is 1. The number of likely N-dealkylation sites (N-methyl/N-ethyl adjacent to an activating group) is 1. The molecular formula is C20H22N4O2S. The third kappa shape index (κ3) is 4.09. The van der Waals surface area contributed by atoms with Crippen molar-refractivity contribution in [3.63, 3.8) is 0 Å². The van der Waals surface area contributed by atoms with Crippen molar-refractivity contribution in [1.82, 2.24) is 14.5 Å². The average Bonchev–Trinajstić information content (AvgIpc) is 3.24. The first-order valence-electron chi connectivity index (χ1n) is 8.56. The number of anilines is 1. The van der Waals surface area contributed by atoms with Crippen LogP contribution in [0.25, 0.3) is 5.13 Å². The lowest BCUT2D eigenvalue weighted by Gasteiger charge is -2.11. The van der Waals surface area contributed by atoms with E-state index in [1.165, 1.54) is 11.3 Å². The summed E-state index contributed by atoms with van der Waals surface area (Å²) < 4.78 is 1.98. The Labute approximate surface area is 162 Å². The lowest BCUT2D eigenvalue weighted by molar-refractivity contribution is -0.127. The number of thiazole rings is 1. The highest BCUT2D eigenvalue weighted by Crippen LogP contribution is 2.23. The highest BCUT2D eigenvalue weighted by molar-refractivity contribution is 7.12. The topological polar surface area (TPSA) is 67.2 Å². The van der Waals surface area contributed by atoms with Crippen LogP contribution in [0.2, 0.25) is 0 Å². The van der Waals surface area contributed by atoms with Crippen molar-refractivity contribution >= 4 is 28.8 Å². The molecule has 3 aromatic rings. The maximum atomic E-state index is 12.7. The summed E-state index contributed by atoms with van der Waals surface area (Å²) in [4.78, 5) is 30.4. The molecule has 0 aliphatic heterocycles. The van der Waals surface area contributed by atoms with E-state index in [2.05, 4.69) is 10.3 Å². The van der Waals surface area contributed by atoms with Gasteiger partial charge in [-0.05, 0) is 37.6 Å². The van der Waals surface area contributed by atoms with Crippen molar-refractivity contribution in [2.75, 3.05) is 19.4 Å². The Morgan fingerprint density at radius 2 is 1.89 bits per heavy atom. The van der Waals surface area contributed by atoms with Crippen molar-refractivity contribution in [2.24, 2.45) is 0 Å². The summed E-state index contributed by atoms with van der Waals surface area (Å²) in [6.07, 6.45) is 2.09. The number of carbonyl (C=O) groups is 2. The van der Waals surface area contributed by atoms with Gasteiger partial charge in [0, 0.05) is 42.7 Å². The van der Waals surface area contributed by atoms with Crippen molar-refractivity contribution in [3.05, 3.63) is 64.4 Å². The van der Waals surface area contributed by atoms with Gasteiger partial charge in [-0.15, -0.1) is 11.3 Å². The molecule has 0 aliphatic carbocycles. The van der Waals surface area contributed by atoms with Gasteiger partial charge in [0.1, 0.15) is 0 Å². The number of amides is 2. The van der Waals surface area contributed by atoms with Crippen LogP contribution in [0.5, 0.6) is 0 Å². The van der Waals surface area contributed by atoms with Gasteiger partial charge in [0.2, 0.25) is 5.91 Å². The van der Waals surface area contributed by atoms with Crippen LogP contribution < -0.4 is 5.32 Å². The SMILES string of the molecule is Cc1cc(C(=O)Nc2ccc(CC(=O)N(C)C)cc2)c(C)n1-c1nccs1. The predicted molar refractivity (Wildman–Crippen MR) is 108 cm³/mol. The van der Waals surface area contributed by atoms with Gasteiger partial charge >= 0.3 is 0 Å². The minimum atomic E-state index is -0.164. The highest BCUT2D eigenvalue weighted by atomic mass is 32.1. The quantitative estimate of drug-likeness (QED) is 0.735. The normalized spacial score (nSPS) is 10.7. The van der Waals surface area contributed by atoms with Crippen molar-refractivity contribution < 1.29 is 9.59 Å². The molecule has 0 saturated carbocycles. The van der Waals surface area contributed by atoms with E-state index in [1.54, 1.807) is 25.2 Å². The fourth-order valence-corrected chi connectivity index (χ4v) is 3.60. The van der Waals surface area contributed by atoms with E-state index in [9.17, 15) is 9.59 Å². The standard InChI is InChI=1S/C20H22N4O2S/c1-13-11-17(14(2)24(13)20-21-9-10-27-20)19(26)22-16-7-5-15(6-8-16)12-18(25)23(3)4/h5-11H,12H2,1-4H3,(H,22,26). The van der Waals surface area contributed by atoms with E-state index < -0.39 is 0 Å². The van der Waals surface area contributed by atoms with Gasteiger partial charge in [-0.1, -0.05) is 12.1 Å². The lowest BCUT2D eigenvalue weighted by atomic mass is 10.1. The maximum absolute atomic E-state index is 12.7. The summed E-state index contributed by atoms with van der Waals surface area (Å²) in [7, 11) is 3.47. The molecule has 2 aromatic heterocycles. The minimum absolute atomic E-state index is 0.0430. The number of nitrogens with zero attached hydrogens (tertiary/aromatic N) is 3. The van der Waals surface area contributed by atoms with E-state index in [0.29, 0.717) is 17.7 Å². The second-order valence-electron chi connectivity index (χ2n) is 6.55. The van der Waals surface area contributed by atoms with Crippen LogP contribution in [-0.4, -0.2) is 40.4 Å². The summed E-state index contributed by atoms with van der Waals surface area (Å²) in [6, 6.07) is 9.22. The van der Waals surface area contributed by atoms with E-state index >= 15 is 0 Å². The number of hydrogen-bond donors (Lipinski definition) is 1. The fraction of sp³-hybridized carbons (Fsp3) is 0.250. The van der Waals surface area contributed by atoms with Gasteiger partial charge in [-0.25, -0.2) is 4.98 Å². The molecule has 0 fully saturated rings. The molecule has 2 heterocycles. The molecule has 1 aromatic carbocycles. The highest BCUT2D eigenvalue weighted by Gasteiger charge is 2.18. The number of carbonyl (C=O) groups excluding carboxylic acids is 2. The monoisotopic (exact) mass is 382 g/mol. The first-order chi connectivity index (χ1) is 12.9. The number of hydrogen-bond acceptors (Lipinski definition) is 4. The van der Waals surface area contributed by atoms with Crippen molar-refractivity contribution in [2.45, 2.75) is 20.3 Å². The molecule has 0 saturated heterocycles. The maximum Gasteiger partial charge on any atom is 0.257 e. The van der Waals surface area contributed by atoms with Gasteiger partial charge in [0.15, 0.2) is 5.13 Å². The van der Waals surface area contributed by atoms with Gasteiger partial charge in [0.25, 0.3) is 5.91 Å². The van der Waals surface area contributed by atoms with Crippen LogP contribution in [0.3, 0.4) is 0 Å². The summed E-state index contributed by atoms with van der Waals surface area (Å²) in [5, 5.41) is 5.68. The third-order valence-electron chi connectivity index (χ3n) is 4.35. The fourth-order valence-electron chi connectivity index (χ4n) is 2.85. The molecule has 6 nitrogen and oxygen atoms in total. The molecule has 3 rings (SSSR count). The average molecular weight is 382 g/mol. The van der Waals surface area contributed by atoms with Crippen LogP contribution in [0.4, 0.5) is 5.69 Å². The molecule has 2 amide bonds. The molecule has 7 heteroatoms. The third-order valence-corrected chi connectivity index (χ3v) is 5.11. The summed E-state index contributed by atoms with van der Waals surface area (Å²) in [5.41, 5.74) is 4.04. The molecule has 0 aliphatic rings. The van der Waals surface area contributed by atoms with Gasteiger partial charge in [0.05, 0.1) is 12.0 Å². The Balaban J connectivity index is 1.74. The number of benzene rings is 1. The van der Waals surface area contributed by atoms with E-state index in [0.717, 1.165) is 22.1 Å². The Kier molecular flexibility index (Phi) is 5.41. The van der Waals surface area contributed by atoms with Crippen LogP contribution in [0, 0.1) is 13.8 Å². The van der Waals surface area contributed by atoms with E-state index in [-0.39, 0.29) is 11.8 Å². The molecule has 0 spiro atoms. The van der Waals surface area contributed by atoms with E-state index in [4.69, 9.17) is 0 Å². The zero-order chi connectivity index (χ0) is 19.6. The smallest absolute Gasteiger partial charge is 0.257 e. The van der Waals surface area contributed by atoms with Gasteiger partial charge in [-0.2, -0.15) is 0 Å². The Hall–Kier alpha value is -2.93. The van der Waals surface area contributed by atoms with Crippen molar-refractivity contribution in [3.8, 4) is 5.13 Å². The van der Waals surface area contributed by atoms with Crippen LogP contribution in [0.15, 0.2) is 41.9 Å². The summed E-state index contributed by atoms with van der Waals surface area (Å²) >= 11 is 1.53. The number of rotatable bonds is 5. The van der Waals surface area contributed by atoms with Gasteiger partial charge < -0.3 is 10.2 Å². The molecule has 0 radical (unpaired) electrons. The molecule has 0 bridgehead atoms. The van der Waals surface area contributed by atoms with Gasteiger partial charge in [-0.3, -0.25) is 14.2 Å². The number of aromatic nitrogens is 2. The summed E-state index contributed by atoms with van der Waals surface area (Å²) in [5.74, 6) is -0.121. The molecule has 0 atom stereocenters. The first-order valence-corrected chi connectivity index (χ1v) is 9.44.